The van der Waals surface area contributed by atoms with Crippen molar-refractivity contribution in [2.24, 2.45) is 0 Å². The highest BCUT2D eigenvalue weighted by Gasteiger charge is 2.12. The standard InChI is InChI=1S/C23H15Br2ClN2O2/c24-19-3-1-2-4-21(19)28-23(29)17(13-27)11-16-7-10-22(20(25)12-16)30-14-15-5-8-18(26)9-6-15/h1-12H,14H2,(H,28,29). The molecule has 0 unspecified atom stereocenters. The van der Waals surface area contributed by atoms with Crippen LogP contribution in [0.25, 0.3) is 6.08 Å². The van der Waals surface area contributed by atoms with Crippen LogP contribution in [0.3, 0.4) is 0 Å². The zero-order chi connectivity index (χ0) is 21.5. The van der Waals surface area contributed by atoms with Gasteiger partial charge in [0.05, 0.1) is 10.2 Å². The zero-order valence-electron chi connectivity index (χ0n) is 15.5. The van der Waals surface area contributed by atoms with Crippen LogP contribution >= 0.6 is 43.5 Å². The fraction of sp³-hybridized carbons (Fsp3) is 0.0435. The number of carbonyl (C=O) groups excluding carboxylic acids is 1. The molecule has 3 aromatic rings. The van der Waals surface area contributed by atoms with Crippen LogP contribution in [0.4, 0.5) is 5.69 Å². The first-order valence-corrected chi connectivity index (χ1v) is 10.8. The average molecular weight is 547 g/mol. The summed E-state index contributed by atoms with van der Waals surface area (Å²) >= 11 is 12.7. The van der Waals surface area contributed by atoms with Gasteiger partial charge in [0.1, 0.15) is 24.0 Å². The second-order valence-electron chi connectivity index (χ2n) is 6.21. The summed E-state index contributed by atoms with van der Waals surface area (Å²) < 4.78 is 7.28. The second-order valence-corrected chi connectivity index (χ2v) is 8.35. The number of para-hydroxylation sites is 1. The molecular weight excluding hydrogens is 532 g/mol. The van der Waals surface area contributed by atoms with Crippen LogP contribution in [-0.4, -0.2) is 5.91 Å². The number of ether oxygens (including phenoxy) is 1. The van der Waals surface area contributed by atoms with Gasteiger partial charge in [0.15, 0.2) is 0 Å². The van der Waals surface area contributed by atoms with E-state index in [0.717, 1.165) is 10.0 Å². The van der Waals surface area contributed by atoms with Gasteiger partial charge in [0.25, 0.3) is 5.91 Å². The number of nitrogens with one attached hydrogen (secondary N) is 1. The van der Waals surface area contributed by atoms with Gasteiger partial charge >= 0.3 is 0 Å². The van der Waals surface area contributed by atoms with E-state index in [9.17, 15) is 10.1 Å². The zero-order valence-corrected chi connectivity index (χ0v) is 19.5. The summed E-state index contributed by atoms with van der Waals surface area (Å²) in [6.45, 7) is 0.392. The lowest BCUT2D eigenvalue weighted by Crippen LogP contribution is -2.13. The molecule has 3 rings (SSSR count). The third kappa shape index (κ3) is 5.96. The van der Waals surface area contributed by atoms with Crippen LogP contribution in [0.15, 0.2) is 81.2 Å². The van der Waals surface area contributed by atoms with Gasteiger partial charge in [-0.3, -0.25) is 4.79 Å². The normalized spacial score (nSPS) is 10.9. The summed E-state index contributed by atoms with van der Waals surface area (Å²) in [6, 6.07) is 21.9. The van der Waals surface area contributed by atoms with Crippen molar-refractivity contribution in [1.29, 1.82) is 5.26 Å². The van der Waals surface area contributed by atoms with E-state index in [1.807, 2.05) is 42.5 Å². The number of nitrogens with zero attached hydrogens (tertiary/aromatic N) is 1. The van der Waals surface area contributed by atoms with Gasteiger partial charge in [0, 0.05) is 9.50 Å². The number of benzene rings is 3. The lowest BCUT2D eigenvalue weighted by atomic mass is 10.1. The van der Waals surface area contributed by atoms with E-state index in [1.165, 1.54) is 6.08 Å². The Morgan fingerprint density at radius 3 is 2.47 bits per heavy atom. The molecule has 0 aliphatic carbocycles. The summed E-state index contributed by atoms with van der Waals surface area (Å²) in [7, 11) is 0. The molecule has 30 heavy (non-hydrogen) atoms. The molecule has 7 heteroatoms. The van der Waals surface area contributed by atoms with E-state index in [0.29, 0.717) is 33.1 Å². The molecule has 0 radical (unpaired) electrons. The largest absolute Gasteiger partial charge is 0.488 e. The molecule has 0 spiro atoms. The lowest BCUT2D eigenvalue weighted by Gasteiger charge is -2.10. The number of hydrogen-bond donors (Lipinski definition) is 1. The van der Waals surface area contributed by atoms with Gasteiger partial charge in [-0.15, -0.1) is 0 Å². The fourth-order valence-corrected chi connectivity index (χ4v) is 3.55. The molecule has 1 N–H and O–H groups in total. The third-order valence-electron chi connectivity index (χ3n) is 4.06. The van der Waals surface area contributed by atoms with Crippen LogP contribution < -0.4 is 10.1 Å². The van der Waals surface area contributed by atoms with Crippen molar-refractivity contribution in [2.75, 3.05) is 5.32 Å². The Morgan fingerprint density at radius 1 is 1.07 bits per heavy atom. The van der Waals surface area contributed by atoms with Crippen LogP contribution in [-0.2, 0) is 11.4 Å². The van der Waals surface area contributed by atoms with Crippen LogP contribution in [0.5, 0.6) is 5.75 Å². The first-order valence-electron chi connectivity index (χ1n) is 8.81. The van der Waals surface area contributed by atoms with E-state index in [2.05, 4.69) is 37.2 Å². The number of carbonyl (C=O) groups is 1. The Labute approximate surface area is 196 Å². The molecule has 0 saturated heterocycles. The molecule has 0 atom stereocenters. The van der Waals surface area contributed by atoms with E-state index in [-0.39, 0.29) is 5.57 Å². The maximum atomic E-state index is 12.5. The number of anilines is 1. The highest BCUT2D eigenvalue weighted by molar-refractivity contribution is 9.11. The predicted molar refractivity (Wildman–Crippen MR) is 126 cm³/mol. The average Bonchev–Trinajstić information content (AvgIpc) is 2.74. The second kappa shape index (κ2) is 10.4. The van der Waals surface area contributed by atoms with Crippen LogP contribution in [0.2, 0.25) is 5.02 Å². The number of halogens is 3. The Balaban J connectivity index is 1.71. The van der Waals surface area contributed by atoms with Crippen molar-refractivity contribution in [2.45, 2.75) is 6.61 Å². The van der Waals surface area contributed by atoms with Crippen LogP contribution in [0, 0.1) is 11.3 Å². The van der Waals surface area contributed by atoms with Crippen molar-refractivity contribution >= 4 is 61.1 Å². The molecule has 0 aromatic heterocycles. The van der Waals surface area contributed by atoms with Gasteiger partial charge < -0.3 is 10.1 Å². The van der Waals surface area contributed by atoms with E-state index < -0.39 is 5.91 Å². The number of hydrogen-bond acceptors (Lipinski definition) is 3. The van der Waals surface area contributed by atoms with Crippen molar-refractivity contribution in [1.82, 2.24) is 0 Å². The van der Waals surface area contributed by atoms with Gasteiger partial charge in [-0.1, -0.05) is 41.9 Å². The molecule has 150 valence electrons. The third-order valence-corrected chi connectivity index (χ3v) is 5.62. The Hall–Kier alpha value is -2.59. The van der Waals surface area contributed by atoms with Crippen molar-refractivity contribution < 1.29 is 9.53 Å². The lowest BCUT2D eigenvalue weighted by molar-refractivity contribution is -0.112. The first kappa shape index (κ1) is 22.1. The Morgan fingerprint density at radius 2 is 1.80 bits per heavy atom. The van der Waals surface area contributed by atoms with Crippen LogP contribution in [0.1, 0.15) is 11.1 Å². The summed E-state index contributed by atoms with van der Waals surface area (Å²) in [6.07, 6.45) is 1.53. The molecule has 1 amide bonds. The van der Waals surface area contributed by atoms with Gasteiger partial charge in [-0.2, -0.15) is 5.26 Å². The Bertz CT molecular complexity index is 1140. The van der Waals surface area contributed by atoms with Gasteiger partial charge in [-0.25, -0.2) is 0 Å². The van der Waals surface area contributed by atoms with Crippen molar-refractivity contribution in [3.63, 3.8) is 0 Å². The molecular formula is C23H15Br2ClN2O2. The molecule has 0 aliphatic heterocycles. The first-order chi connectivity index (χ1) is 14.5. The van der Waals surface area contributed by atoms with Crippen molar-refractivity contribution in [3.8, 4) is 11.8 Å². The number of rotatable bonds is 6. The van der Waals surface area contributed by atoms with E-state index in [1.54, 1.807) is 30.3 Å². The molecule has 3 aromatic carbocycles. The minimum atomic E-state index is -0.483. The van der Waals surface area contributed by atoms with Gasteiger partial charge in [-0.05, 0) is 85.5 Å². The highest BCUT2D eigenvalue weighted by Crippen LogP contribution is 2.28. The minimum Gasteiger partial charge on any atom is -0.488 e. The maximum Gasteiger partial charge on any atom is 0.266 e. The molecule has 0 saturated carbocycles. The fourth-order valence-electron chi connectivity index (χ4n) is 2.53. The number of nitriles is 1. The van der Waals surface area contributed by atoms with E-state index in [4.69, 9.17) is 16.3 Å². The van der Waals surface area contributed by atoms with E-state index >= 15 is 0 Å². The smallest absolute Gasteiger partial charge is 0.266 e. The predicted octanol–water partition coefficient (Wildman–Crippen LogP) is 6.99. The Kier molecular flexibility index (Phi) is 7.69. The quantitative estimate of drug-likeness (QED) is 0.268. The maximum absolute atomic E-state index is 12.5. The van der Waals surface area contributed by atoms with Gasteiger partial charge in [0.2, 0.25) is 0 Å². The topological polar surface area (TPSA) is 62.1 Å². The summed E-state index contributed by atoms with van der Waals surface area (Å²) in [5.41, 5.74) is 2.27. The summed E-state index contributed by atoms with van der Waals surface area (Å²) in [4.78, 5) is 12.5. The highest BCUT2D eigenvalue weighted by atomic mass is 79.9. The molecule has 4 nitrogen and oxygen atoms in total. The summed E-state index contributed by atoms with van der Waals surface area (Å²) in [5, 5.41) is 12.8. The minimum absolute atomic E-state index is 0.00696. The molecule has 0 aliphatic rings. The molecule has 0 heterocycles. The van der Waals surface area contributed by atoms with Crippen molar-refractivity contribution in [3.05, 3.63) is 97.4 Å². The monoisotopic (exact) mass is 544 g/mol. The molecule has 0 bridgehead atoms. The summed E-state index contributed by atoms with van der Waals surface area (Å²) in [5.74, 6) is 0.168. The number of amides is 1. The SMILES string of the molecule is N#CC(=Cc1ccc(OCc2ccc(Cl)cc2)c(Br)c1)C(=O)Nc1ccccc1Br. The molecule has 0 fully saturated rings.